The molecule has 0 bridgehead atoms. The van der Waals surface area contributed by atoms with E-state index >= 15 is 0 Å². The van der Waals surface area contributed by atoms with E-state index in [1.54, 1.807) is 12.4 Å². The lowest BCUT2D eigenvalue weighted by molar-refractivity contribution is 0.485. The third-order valence-corrected chi connectivity index (χ3v) is 3.95. The summed E-state index contributed by atoms with van der Waals surface area (Å²) in [6.45, 7) is 0.602. The highest BCUT2D eigenvalue weighted by Crippen LogP contribution is 2.31. The standard InChI is InChI=1S/C22H19N5O/c1-2-8-18(9-3-1)28-20-11-5-4-10-19(20)26-21-12-14-24-22(27-21)25-16-17-7-6-13-23-15-17/h1-15H,16H2,(H2,24,25,26,27). The molecule has 0 saturated carbocycles. The highest BCUT2D eigenvalue weighted by atomic mass is 16.5. The number of nitrogens with one attached hydrogen (secondary N) is 2. The molecule has 6 nitrogen and oxygen atoms in total. The molecular weight excluding hydrogens is 350 g/mol. The maximum absolute atomic E-state index is 5.99. The molecule has 0 radical (unpaired) electrons. The molecule has 0 unspecified atom stereocenters. The van der Waals surface area contributed by atoms with E-state index in [4.69, 9.17) is 4.74 Å². The van der Waals surface area contributed by atoms with Crippen molar-refractivity contribution in [3.05, 3.63) is 97.0 Å². The number of hydrogen-bond donors (Lipinski definition) is 2. The number of rotatable bonds is 7. The summed E-state index contributed by atoms with van der Waals surface area (Å²) in [5, 5.41) is 6.51. The predicted molar refractivity (Wildman–Crippen MR) is 110 cm³/mol. The van der Waals surface area contributed by atoms with E-state index in [1.165, 1.54) is 0 Å². The van der Waals surface area contributed by atoms with Gasteiger partial charge in [-0.2, -0.15) is 4.98 Å². The Labute approximate surface area is 163 Å². The molecule has 0 aliphatic rings. The summed E-state index contributed by atoms with van der Waals surface area (Å²) in [7, 11) is 0. The Morgan fingerprint density at radius 2 is 1.68 bits per heavy atom. The average molecular weight is 369 g/mol. The van der Waals surface area contributed by atoms with Gasteiger partial charge in [0.05, 0.1) is 5.69 Å². The van der Waals surface area contributed by atoms with Gasteiger partial charge in [-0.05, 0) is 42.0 Å². The zero-order valence-corrected chi connectivity index (χ0v) is 15.1. The lowest BCUT2D eigenvalue weighted by atomic mass is 10.3. The molecule has 0 aliphatic carbocycles. The van der Waals surface area contributed by atoms with Crippen molar-refractivity contribution >= 4 is 17.5 Å². The number of benzene rings is 2. The molecule has 0 saturated heterocycles. The first-order valence-corrected chi connectivity index (χ1v) is 8.91. The lowest BCUT2D eigenvalue weighted by Gasteiger charge is -2.13. The molecule has 2 heterocycles. The fourth-order valence-corrected chi connectivity index (χ4v) is 2.61. The number of anilines is 3. The van der Waals surface area contributed by atoms with Gasteiger partial charge in [-0.15, -0.1) is 0 Å². The topological polar surface area (TPSA) is 72.0 Å². The smallest absolute Gasteiger partial charge is 0.224 e. The average Bonchev–Trinajstić information content (AvgIpc) is 2.75. The zero-order valence-electron chi connectivity index (χ0n) is 15.1. The summed E-state index contributed by atoms with van der Waals surface area (Å²) in [5.74, 6) is 2.71. The summed E-state index contributed by atoms with van der Waals surface area (Å²) in [5.41, 5.74) is 1.88. The first-order chi connectivity index (χ1) is 13.9. The molecule has 0 amide bonds. The predicted octanol–water partition coefficient (Wildman–Crippen LogP) is 5.02. The molecule has 2 aromatic carbocycles. The first-order valence-electron chi connectivity index (χ1n) is 8.91. The van der Waals surface area contributed by atoms with Gasteiger partial charge in [-0.25, -0.2) is 4.98 Å². The Kier molecular flexibility index (Phi) is 5.39. The molecule has 6 heteroatoms. The van der Waals surface area contributed by atoms with Gasteiger partial charge in [-0.3, -0.25) is 4.98 Å². The number of pyridine rings is 1. The van der Waals surface area contributed by atoms with Crippen LogP contribution in [0, 0.1) is 0 Å². The highest BCUT2D eigenvalue weighted by molar-refractivity contribution is 5.65. The van der Waals surface area contributed by atoms with Crippen molar-refractivity contribution in [1.29, 1.82) is 0 Å². The number of aromatic nitrogens is 3. The SMILES string of the molecule is c1ccc(Oc2ccccc2Nc2ccnc(NCc3cccnc3)n2)cc1. The molecule has 0 spiro atoms. The molecule has 0 fully saturated rings. The molecule has 0 aliphatic heterocycles. The van der Waals surface area contributed by atoms with Crippen molar-refractivity contribution in [1.82, 2.24) is 15.0 Å². The first kappa shape index (κ1) is 17.5. The van der Waals surface area contributed by atoms with E-state index in [9.17, 15) is 0 Å². The Morgan fingerprint density at radius 3 is 2.54 bits per heavy atom. The van der Waals surface area contributed by atoms with E-state index in [0.29, 0.717) is 18.3 Å². The number of nitrogens with zero attached hydrogens (tertiary/aromatic N) is 3. The van der Waals surface area contributed by atoms with Crippen LogP contribution >= 0.6 is 0 Å². The third kappa shape index (κ3) is 4.62. The molecule has 4 aromatic rings. The maximum atomic E-state index is 5.99. The van der Waals surface area contributed by atoms with Gasteiger partial charge in [0.15, 0.2) is 5.75 Å². The summed E-state index contributed by atoms with van der Waals surface area (Å²) in [6.07, 6.45) is 5.27. The van der Waals surface area contributed by atoms with Gasteiger partial charge in [0.2, 0.25) is 5.95 Å². The van der Waals surface area contributed by atoms with Gasteiger partial charge in [0.1, 0.15) is 11.6 Å². The van der Waals surface area contributed by atoms with Crippen molar-refractivity contribution < 1.29 is 4.74 Å². The van der Waals surface area contributed by atoms with E-state index in [0.717, 1.165) is 22.7 Å². The quantitative estimate of drug-likeness (QED) is 0.477. The van der Waals surface area contributed by atoms with Crippen LogP contribution in [0.4, 0.5) is 17.5 Å². The van der Waals surface area contributed by atoms with Crippen LogP contribution in [-0.4, -0.2) is 15.0 Å². The van der Waals surface area contributed by atoms with Crippen LogP contribution in [0.5, 0.6) is 11.5 Å². The van der Waals surface area contributed by atoms with Crippen molar-refractivity contribution in [2.75, 3.05) is 10.6 Å². The van der Waals surface area contributed by atoms with E-state index < -0.39 is 0 Å². The van der Waals surface area contributed by atoms with Crippen LogP contribution in [0.3, 0.4) is 0 Å². The Balaban J connectivity index is 1.47. The molecule has 2 N–H and O–H groups in total. The number of ether oxygens (including phenoxy) is 1. The monoisotopic (exact) mass is 369 g/mol. The van der Waals surface area contributed by atoms with Gasteiger partial charge < -0.3 is 15.4 Å². The Hall–Kier alpha value is -3.93. The molecular formula is C22H19N5O. The van der Waals surface area contributed by atoms with Gasteiger partial charge in [-0.1, -0.05) is 36.4 Å². The van der Waals surface area contributed by atoms with Crippen LogP contribution in [0.1, 0.15) is 5.56 Å². The van der Waals surface area contributed by atoms with Crippen molar-refractivity contribution in [3.8, 4) is 11.5 Å². The largest absolute Gasteiger partial charge is 0.455 e. The second kappa shape index (κ2) is 8.64. The van der Waals surface area contributed by atoms with E-state index in [2.05, 4.69) is 25.6 Å². The van der Waals surface area contributed by atoms with Gasteiger partial charge in [0, 0.05) is 25.1 Å². The minimum absolute atomic E-state index is 0.537. The Bertz CT molecular complexity index is 1030. The second-order valence-electron chi connectivity index (χ2n) is 6.02. The fraction of sp³-hybridized carbons (Fsp3) is 0.0455. The summed E-state index contributed by atoms with van der Waals surface area (Å²) in [6, 6.07) is 23.1. The maximum Gasteiger partial charge on any atom is 0.224 e. The summed E-state index contributed by atoms with van der Waals surface area (Å²) in [4.78, 5) is 12.9. The van der Waals surface area contributed by atoms with Crippen molar-refractivity contribution in [3.63, 3.8) is 0 Å². The van der Waals surface area contributed by atoms with E-state index in [-0.39, 0.29) is 0 Å². The number of hydrogen-bond acceptors (Lipinski definition) is 6. The van der Waals surface area contributed by atoms with Gasteiger partial charge in [0.25, 0.3) is 0 Å². The van der Waals surface area contributed by atoms with Gasteiger partial charge >= 0.3 is 0 Å². The molecule has 0 atom stereocenters. The highest BCUT2D eigenvalue weighted by Gasteiger charge is 2.06. The fourth-order valence-electron chi connectivity index (χ4n) is 2.61. The van der Waals surface area contributed by atoms with Crippen LogP contribution < -0.4 is 15.4 Å². The number of para-hydroxylation sites is 3. The molecule has 4 rings (SSSR count). The van der Waals surface area contributed by atoms with Crippen LogP contribution in [-0.2, 0) is 6.54 Å². The van der Waals surface area contributed by atoms with Crippen molar-refractivity contribution in [2.45, 2.75) is 6.54 Å². The normalized spacial score (nSPS) is 10.3. The molecule has 2 aromatic heterocycles. The summed E-state index contributed by atoms with van der Waals surface area (Å²) >= 11 is 0. The third-order valence-electron chi connectivity index (χ3n) is 3.95. The van der Waals surface area contributed by atoms with E-state index in [1.807, 2.05) is 79.0 Å². The van der Waals surface area contributed by atoms with Crippen LogP contribution in [0.15, 0.2) is 91.4 Å². The van der Waals surface area contributed by atoms with Crippen molar-refractivity contribution in [2.24, 2.45) is 0 Å². The molecule has 138 valence electrons. The van der Waals surface area contributed by atoms with Crippen LogP contribution in [0.2, 0.25) is 0 Å². The summed E-state index contributed by atoms with van der Waals surface area (Å²) < 4.78 is 5.99. The second-order valence-corrected chi connectivity index (χ2v) is 6.02. The minimum atomic E-state index is 0.537. The zero-order chi connectivity index (χ0) is 19.0. The minimum Gasteiger partial charge on any atom is -0.455 e. The lowest BCUT2D eigenvalue weighted by Crippen LogP contribution is -2.05. The Morgan fingerprint density at radius 1 is 0.821 bits per heavy atom. The van der Waals surface area contributed by atoms with Crippen LogP contribution in [0.25, 0.3) is 0 Å². The molecule has 28 heavy (non-hydrogen) atoms.